The minimum atomic E-state index is -0.373. The summed E-state index contributed by atoms with van der Waals surface area (Å²) in [5.74, 6) is 0.775. The minimum absolute atomic E-state index is 0.127. The molecule has 1 aliphatic rings. The zero-order valence-corrected chi connectivity index (χ0v) is 19.5. The molecule has 2 aromatic heterocycles. The van der Waals surface area contributed by atoms with Crippen molar-refractivity contribution in [1.82, 2.24) is 23.6 Å². The van der Waals surface area contributed by atoms with Crippen molar-refractivity contribution in [3.8, 4) is 0 Å². The van der Waals surface area contributed by atoms with Crippen LogP contribution in [0, 0.1) is 0 Å². The first-order chi connectivity index (χ1) is 15.8. The zero-order valence-electron chi connectivity index (χ0n) is 19.5. The van der Waals surface area contributed by atoms with Gasteiger partial charge in [0.15, 0.2) is 11.2 Å². The first-order valence-corrected chi connectivity index (χ1v) is 11.3. The van der Waals surface area contributed by atoms with E-state index in [-0.39, 0.29) is 23.5 Å². The molecule has 2 aromatic carbocycles. The van der Waals surface area contributed by atoms with E-state index >= 15 is 0 Å². The SMILES string of the molecule is CC1CN(Cc2nc3c(c(=O)n(C)c(=O)n3C)n2Cc2cccc3ccccc23)CC(C)O1. The van der Waals surface area contributed by atoms with Gasteiger partial charge >= 0.3 is 5.69 Å². The lowest BCUT2D eigenvalue weighted by molar-refractivity contribution is -0.0712. The van der Waals surface area contributed by atoms with Gasteiger partial charge in [0.05, 0.1) is 25.3 Å². The third-order valence-corrected chi connectivity index (χ3v) is 6.50. The fourth-order valence-electron chi connectivity index (χ4n) is 5.00. The molecule has 8 nitrogen and oxygen atoms in total. The van der Waals surface area contributed by atoms with Crippen LogP contribution in [0.5, 0.6) is 0 Å². The number of aromatic nitrogens is 4. The van der Waals surface area contributed by atoms with Crippen LogP contribution in [-0.2, 0) is 31.9 Å². The van der Waals surface area contributed by atoms with Gasteiger partial charge in [-0.1, -0.05) is 42.5 Å². The molecule has 1 fully saturated rings. The molecule has 8 heteroatoms. The molecule has 33 heavy (non-hydrogen) atoms. The number of rotatable bonds is 4. The summed E-state index contributed by atoms with van der Waals surface area (Å²) in [6.07, 6.45) is 0.253. The molecule has 0 saturated carbocycles. The Kier molecular flexibility index (Phi) is 5.42. The smallest absolute Gasteiger partial charge is 0.332 e. The van der Waals surface area contributed by atoms with Crippen LogP contribution in [0.3, 0.4) is 0 Å². The maximum absolute atomic E-state index is 13.2. The molecule has 0 bridgehead atoms. The van der Waals surface area contributed by atoms with Crippen LogP contribution in [0.15, 0.2) is 52.1 Å². The first-order valence-electron chi connectivity index (χ1n) is 11.3. The molecule has 1 saturated heterocycles. The molecule has 0 aliphatic carbocycles. The number of imidazole rings is 1. The van der Waals surface area contributed by atoms with Gasteiger partial charge in [0, 0.05) is 27.2 Å². The van der Waals surface area contributed by atoms with E-state index in [2.05, 4.69) is 43.0 Å². The van der Waals surface area contributed by atoms with Gasteiger partial charge in [0.1, 0.15) is 5.82 Å². The van der Waals surface area contributed by atoms with Crippen molar-refractivity contribution in [1.29, 1.82) is 0 Å². The molecule has 2 atom stereocenters. The summed E-state index contributed by atoms with van der Waals surface area (Å²) in [5.41, 5.74) is 1.29. The van der Waals surface area contributed by atoms with E-state index in [1.807, 2.05) is 22.8 Å². The highest BCUT2D eigenvalue weighted by Gasteiger charge is 2.26. The van der Waals surface area contributed by atoms with Crippen molar-refractivity contribution < 1.29 is 4.74 Å². The van der Waals surface area contributed by atoms with E-state index in [4.69, 9.17) is 9.72 Å². The monoisotopic (exact) mass is 447 g/mol. The first kappa shape index (κ1) is 21.6. The van der Waals surface area contributed by atoms with Crippen LogP contribution in [0.1, 0.15) is 25.2 Å². The third kappa shape index (κ3) is 3.79. The van der Waals surface area contributed by atoms with Crippen LogP contribution < -0.4 is 11.2 Å². The predicted octanol–water partition coefficient (Wildman–Crippen LogP) is 2.24. The Morgan fingerprint density at radius 3 is 2.39 bits per heavy atom. The summed E-state index contributed by atoms with van der Waals surface area (Å²) in [6.45, 7) is 6.80. The molecule has 172 valence electrons. The molecule has 0 spiro atoms. The second-order valence-electron chi connectivity index (χ2n) is 9.08. The predicted molar refractivity (Wildman–Crippen MR) is 129 cm³/mol. The number of benzene rings is 2. The molecule has 2 unspecified atom stereocenters. The van der Waals surface area contributed by atoms with Gasteiger partial charge in [-0.15, -0.1) is 0 Å². The van der Waals surface area contributed by atoms with Gasteiger partial charge in [-0.05, 0) is 30.2 Å². The molecular formula is C25H29N5O3. The van der Waals surface area contributed by atoms with Crippen molar-refractivity contribution in [2.75, 3.05) is 13.1 Å². The average molecular weight is 448 g/mol. The maximum atomic E-state index is 13.2. The summed E-state index contributed by atoms with van der Waals surface area (Å²) >= 11 is 0. The van der Waals surface area contributed by atoms with Gasteiger partial charge < -0.3 is 9.30 Å². The molecule has 1 aliphatic heterocycles. The average Bonchev–Trinajstić information content (AvgIpc) is 3.13. The van der Waals surface area contributed by atoms with Crippen LogP contribution in [-0.4, -0.2) is 48.9 Å². The van der Waals surface area contributed by atoms with Gasteiger partial charge in [-0.3, -0.25) is 18.8 Å². The van der Waals surface area contributed by atoms with Crippen LogP contribution in [0.25, 0.3) is 21.9 Å². The summed E-state index contributed by atoms with van der Waals surface area (Å²) in [6, 6.07) is 14.5. The Balaban J connectivity index is 1.69. The van der Waals surface area contributed by atoms with Gasteiger partial charge in [0.25, 0.3) is 5.56 Å². The summed E-state index contributed by atoms with van der Waals surface area (Å²) in [7, 11) is 3.19. The van der Waals surface area contributed by atoms with Gasteiger partial charge in [-0.2, -0.15) is 0 Å². The van der Waals surface area contributed by atoms with Crippen LogP contribution >= 0.6 is 0 Å². The number of ether oxygens (including phenoxy) is 1. The molecule has 0 N–H and O–H groups in total. The number of hydrogen-bond donors (Lipinski definition) is 0. The highest BCUT2D eigenvalue weighted by Crippen LogP contribution is 2.23. The number of morpholine rings is 1. The van der Waals surface area contributed by atoms with Gasteiger partial charge in [-0.25, -0.2) is 9.78 Å². The number of fused-ring (bicyclic) bond motifs is 2. The molecule has 5 rings (SSSR count). The van der Waals surface area contributed by atoms with E-state index in [9.17, 15) is 9.59 Å². The van der Waals surface area contributed by atoms with Crippen molar-refractivity contribution in [3.05, 3.63) is 74.7 Å². The Morgan fingerprint density at radius 1 is 0.939 bits per heavy atom. The molecular weight excluding hydrogens is 418 g/mol. The van der Waals surface area contributed by atoms with E-state index in [1.54, 1.807) is 7.05 Å². The highest BCUT2D eigenvalue weighted by molar-refractivity contribution is 5.85. The standard InChI is InChI=1S/C25H29N5O3/c1-16-12-29(13-17(2)33-16)15-21-26-23-22(24(31)28(4)25(32)27(23)3)30(21)14-19-10-7-9-18-8-5-6-11-20(18)19/h5-11,16-17H,12-15H2,1-4H3. The molecule has 0 radical (unpaired) electrons. The third-order valence-electron chi connectivity index (χ3n) is 6.50. The number of aryl methyl sites for hydroxylation is 1. The lowest BCUT2D eigenvalue weighted by atomic mass is 10.0. The lowest BCUT2D eigenvalue weighted by Gasteiger charge is -2.35. The summed E-state index contributed by atoms with van der Waals surface area (Å²) in [5, 5.41) is 2.29. The largest absolute Gasteiger partial charge is 0.373 e. The van der Waals surface area contributed by atoms with Crippen molar-refractivity contribution >= 4 is 21.9 Å². The summed E-state index contributed by atoms with van der Waals surface area (Å²) < 4.78 is 10.5. The summed E-state index contributed by atoms with van der Waals surface area (Å²) in [4.78, 5) is 33.0. The van der Waals surface area contributed by atoms with E-state index in [0.29, 0.717) is 24.3 Å². The van der Waals surface area contributed by atoms with Crippen molar-refractivity contribution in [2.45, 2.75) is 39.1 Å². The number of nitrogens with zero attached hydrogens (tertiary/aromatic N) is 5. The second kappa shape index (κ2) is 8.28. The Morgan fingerprint density at radius 2 is 1.64 bits per heavy atom. The Labute approximate surface area is 191 Å². The fraction of sp³-hybridized carbons (Fsp3) is 0.400. The minimum Gasteiger partial charge on any atom is -0.373 e. The topological polar surface area (TPSA) is 74.3 Å². The van der Waals surface area contributed by atoms with E-state index in [0.717, 1.165) is 39.8 Å². The maximum Gasteiger partial charge on any atom is 0.332 e. The van der Waals surface area contributed by atoms with E-state index < -0.39 is 0 Å². The molecule has 0 amide bonds. The molecule has 4 aromatic rings. The zero-order chi connectivity index (χ0) is 23.3. The lowest BCUT2D eigenvalue weighted by Crippen LogP contribution is -2.45. The Bertz CT molecular complexity index is 1450. The van der Waals surface area contributed by atoms with E-state index in [1.165, 1.54) is 11.6 Å². The second-order valence-corrected chi connectivity index (χ2v) is 9.08. The van der Waals surface area contributed by atoms with Gasteiger partial charge in [0.2, 0.25) is 0 Å². The highest BCUT2D eigenvalue weighted by atomic mass is 16.5. The molecule has 3 heterocycles. The fourth-order valence-corrected chi connectivity index (χ4v) is 5.00. The Hall–Kier alpha value is -3.23. The van der Waals surface area contributed by atoms with Crippen molar-refractivity contribution in [3.63, 3.8) is 0 Å². The number of hydrogen-bond acceptors (Lipinski definition) is 5. The van der Waals surface area contributed by atoms with Crippen LogP contribution in [0.4, 0.5) is 0 Å². The quantitative estimate of drug-likeness (QED) is 0.480. The normalized spacial score (nSPS) is 19.5. The van der Waals surface area contributed by atoms with Crippen molar-refractivity contribution in [2.24, 2.45) is 14.1 Å². The van der Waals surface area contributed by atoms with Crippen LogP contribution in [0.2, 0.25) is 0 Å².